The molecule has 4 rings (SSSR count). The molecule has 20 heteroatoms. The van der Waals surface area contributed by atoms with E-state index in [4.69, 9.17) is 56.4 Å². The molecule has 20 nitrogen and oxygen atoms in total. The first-order valence-corrected chi connectivity index (χ1v) is 33.5. The van der Waals surface area contributed by atoms with Gasteiger partial charge in [0.2, 0.25) is 0 Å². The first-order chi connectivity index (χ1) is 40.8. The van der Waals surface area contributed by atoms with Crippen molar-refractivity contribution in [3.05, 3.63) is 0 Å². The summed E-state index contributed by atoms with van der Waals surface area (Å²) in [6.45, 7) is 42.0. The van der Waals surface area contributed by atoms with Crippen LogP contribution in [-0.2, 0) is 0 Å². The second-order valence-electron chi connectivity index (χ2n) is 22.5. The van der Waals surface area contributed by atoms with Crippen LogP contribution >= 0.6 is 0 Å². The number of hydrogen-bond donors (Lipinski definition) is 12. The van der Waals surface area contributed by atoms with Gasteiger partial charge in [0.05, 0.1) is 71.1 Å². The van der Waals surface area contributed by atoms with Crippen LogP contribution in [0.25, 0.3) is 0 Å². The average Bonchev–Trinajstić information content (AvgIpc) is 4.10. The van der Waals surface area contributed by atoms with Gasteiger partial charge in [0.1, 0.15) is 0 Å². The van der Waals surface area contributed by atoms with Gasteiger partial charge in [-0.2, -0.15) is 0 Å². The molecule has 0 spiro atoms. The Morgan fingerprint density at radius 1 is 0.420 bits per heavy atom. The second kappa shape index (κ2) is 83.9. The number of nitrogens with one attached hydrogen (secondary N) is 5. The van der Waals surface area contributed by atoms with Crippen LogP contribution in [0.5, 0.6) is 0 Å². The molecule has 526 valence electrons. The fourth-order valence-electron chi connectivity index (χ4n) is 7.59. The Balaban J connectivity index is -0.000000112. The van der Waals surface area contributed by atoms with Crippen molar-refractivity contribution in [2.24, 2.45) is 75.1 Å². The largest absolute Gasteiger partial charge is 0.388 e. The predicted molar refractivity (Wildman–Crippen MR) is 403 cm³/mol. The molecule has 2 heterocycles. The lowest BCUT2D eigenvalue weighted by Gasteiger charge is -2.27. The fraction of sp³-hybridized carbons (Fsp3) is 0.853. The molecule has 19 N–H and O–H groups in total. The maximum absolute atomic E-state index is 7.31. The Morgan fingerprint density at radius 3 is 1.01 bits per heavy atom. The van der Waals surface area contributed by atoms with E-state index in [-0.39, 0.29) is 14.9 Å². The lowest BCUT2D eigenvalue weighted by Crippen LogP contribution is -2.33. The molecular weight excluding hydrogens is 1100 g/mol. The normalized spacial score (nSPS) is 16.0. The molecule has 2 aliphatic heterocycles. The molecule has 0 aromatic heterocycles. The van der Waals surface area contributed by atoms with Crippen LogP contribution in [0.3, 0.4) is 0 Å². The Hall–Kier alpha value is -5.14. The molecule has 0 radical (unpaired) electrons. The van der Waals surface area contributed by atoms with Crippen LogP contribution in [0, 0.1) is 16.2 Å². The van der Waals surface area contributed by atoms with Gasteiger partial charge in [0, 0.05) is 58.1 Å². The highest BCUT2D eigenvalue weighted by atomic mass is 15.2. The molecule has 4 aliphatic rings. The maximum atomic E-state index is 7.31. The molecule has 2 saturated heterocycles. The van der Waals surface area contributed by atoms with Gasteiger partial charge in [-0.15, -0.1) is 0 Å². The van der Waals surface area contributed by atoms with Gasteiger partial charge in [0.25, 0.3) is 0 Å². The van der Waals surface area contributed by atoms with Crippen molar-refractivity contribution in [1.29, 1.82) is 16.2 Å². The Bertz CT molecular complexity index is 1580. The molecule has 2 saturated carbocycles. The van der Waals surface area contributed by atoms with Crippen LogP contribution in [-0.4, -0.2) is 141 Å². The molecule has 0 aromatic rings. The number of piperidine rings is 2. The highest BCUT2D eigenvalue weighted by Gasteiger charge is 2.13. The molecule has 1 atom stereocenters. The van der Waals surface area contributed by atoms with Gasteiger partial charge in [0.15, 0.2) is 0 Å². The minimum absolute atomic E-state index is 0. The van der Waals surface area contributed by atoms with E-state index in [1.54, 1.807) is 20.8 Å². The van der Waals surface area contributed by atoms with Crippen molar-refractivity contribution in [3.8, 4) is 0 Å². The maximum Gasteiger partial charge on any atom is 0.0925 e. The summed E-state index contributed by atoms with van der Waals surface area (Å²) < 4.78 is 0. The van der Waals surface area contributed by atoms with Gasteiger partial charge >= 0.3 is 0 Å². The predicted octanol–water partition coefficient (Wildman–Crippen LogP) is 14.7. The van der Waals surface area contributed by atoms with Gasteiger partial charge in [-0.25, -0.2) is 0 Å². The van der Waals surface area contributed by atoms with Gasteiger partial charge in [-0.3, -0.25) is 45.8 Å². The zero-order valence-corrected chi connectivity index (χ0v) is 59.4. The summed E-state index contributed by atoms with van der Waals surface area (Å²) in [6.07, 6.45) is 35.2. The summed E-state index contributed by atoms with van der Waals surface area (Å²) in [5.41, 5.74) is 38.2. The Labute approximate surface area is 546 Å². The van der Waals surface area contributed by atoms with Crippen LogP contribution in [0.4, 0.5) is 0 Å². The van der Waals surface area contributed by atoms with Crippen LogP contribution in [0.2, 0.25) is 0 Å². The minimum Gasteiger partial charge on any atom is -0.388 e. The van der Waals surface area contributed by atoms with E-state index in [9.17, 15) is 0 Å². The average molecular weight is 1250 g/mol. The lowest BCUT2D eigenvalue weighted by atomic mass is 9.96. The summed E-state index contributed by atoms with van der Waals surface area (Å²) in [5.74, 6) is 5.62. The van der Waals surface area contributed by atoms with Crippen molar-refractivity contribution in [1.82, 2.24) is 15.5 Å². The SMILES string of the molecule is C.C.CC(=N)N1CCCCC1.CC(C)=N.CC(N)=NC1CCCC1.CC(N)=NC1CCCCC1.CC(N)=NC1CCCNC1.CC(N)=NCCCNC=N.CCCC.CCCCC.CCCCCN=C(C)N.CCCCN=C(C)N.CCCCN=C(C)N. The number of hydrogen-bond acceptors (Lipinski definition) is 11. The molecule has 1 unspecified atom stereocenters. The molecule has 4 fully saturated rings. The van der Waals surface area contributed by atoms with Gasteiger partial charge < -0.3 is 61.1 Å². The highest BCUT2D eigenvalue weighted by molar-refractivity contribution is 5.79. The highest BCUT2D eigenvalue weighted by Crippen LogP contribution is 2.21. The second-order valence-corrected chi connectivity index (χ2v) is 22.5. The van der Waals surface area contributed by atoms with E-state index in [1.165, 1.54) is 160 Å². The van der Waals surface area contributed by atoms with E-state index >= 15 is 0 Å². The minimum atomic E-state index is 0. The lowest BCUT2D eigenvalue weighted by molar-refractivity contribution is 0.339. The first-order valence-electron chi connectivity index (χ1n) is 33.5. The standard InChI is InChI=1S/C8H16N2.C7H15N3.2C7H14N2.C7H16N2.C6H14N4.2C6H14N2.C5H12.C4H10.C3H7N.2CH4/c1-7(9)10-8-5-3-2-4-6-8;1-6(8)10-7-3-2-4-9-5-7;1-7(8)9-5-3-2-4-6-9;1-6(8)9-7-4-2-3-5-7;1-3-4-5-6-9-7(2)8;1-6(8)10-4-2-3-9-5-7;2*1-3-4-5-8-6(2)7;1-3-5-4-2;1-3-4-2;1-3(2)4;;/h8H,2-6H2,1H3,(H2,9,10);7,9H,2-5H2,1H3,(H2,8,10);8H,2-6H2,1H3;7H,2-5H2,1H3,(H2,8,9);3-6H2,1-2H3,(H2,8,9);5H,2-4H2,1H3,(H2,7,9)(H2,8,10);2*3-5H2,1-2H3,(H2,7,8);3-5H2,1-2H3;3-4H2,1-2H3;4H,1-2H3;2*1H4. The van der Waals surface area contributed by atoms with Crippen molar-refractivity contribution in [2.75, 3.05) is 58.9 Å². The molecule has 88 heavy (non-hydrogen) atoms. The summed E-state index contributed by atoms with van der Waals surface area (Å²) in [4.78, 5) is 31.1. The van der Waals surface area contributed by atoms with E-state index in [0.717, 1.165) is 95.7 Å². The van der Waals surface area contributed by atoms with E-state index < -0.39 is 0 Å². The van der Waals surface area contributed by atoms with Crippen LogP contribution < -0.4 is 50.8 Å². The number of likely N-dealkylation sites (tertiary alicyclic amines) is 1. The monoisotopic (exact) mass is 1250 g/mol. The topological polar surface area (TPSA) is 368 Å². The Kier molecular flexibility index (Phi) is 97.1. The van der Waals surface area contributed by atoms with E-state index in [0.29, 0.717) is 53.0 Å². The number of unbranched alkanes of at least 4 members (excludes halogenated alkanes) is 7. The Morgan fingerprint density at radius 2 is 0.739 bits per heavy atom. The van der Waals surface area contributed by atoms with Crippen molar-refractivity contribution < 1.29 is 0 Å². The van der Waals surface area contributed by atoms with Gasteiger partial charge in [-0.05, 0) is 159 Å². The smallest absolute Gasteiger partial charge is 0.0925 e. The molecular formula is C68H154N20. The molecule has 0 aromatic carbocycles. The molecule has 2 aliphatic carbocycles. The van der Waals surface area contributed by atoms with Crippen molar-refractivity contribution in [2.45, 2.75) is 324 Å². The number of nitrogens with two attached hydrogens (primary N) is 7. The number of nitrogens with zero attached hydrogens (tertiary/aromatic N) is 8. The summed E-state index contributed by atoms with van der Waals surface area (Å²) >= 11 is 0. The first kappa shape index (κ1) is 102. The number of rotatable bonds is 21. The molecule has 0 bridgehead atoms. The van der Waals surface area contributed by atoms with E-state index in [2.05, 4.69) is 98.9 Å². The van der Waals surface area contributed by atoms with Crippen LogP contribution in [0.15, 0.2) is 34.9 Å². The fourth-order valence-corrected chi connectivity index (χ4v) is 7.59. The third kappa shape index (κ3) is 112. The van der Waals surface area contributed by atoms with Crippen molar-refractivity contribution in [3.63, 3.8) is 0 Å². The third-order valence-corrected chi connectivity index (χ3v) is 12.2. The van der Waals surface area contributed by atoms with Gasteiger partial charge in [-0.1, -0.05) is 153 Å². The quantitative estimate of drug-likeness (QED) is 0.0293. The van der Waals surface area contributed by atoms with Crippen molar-refractivity contribution >= 4 is 58.7 Å². The number of aliphatic imine (C=N–C) groups is 7. The third-order valence-electron chi connectivity index (χ3n) is 12.2. The van der Waals surface area contributed by atoms with Crippen LogP contribution in [0.1, 0.15) is 306 Å². The molecule has 0 amide bonds. The summed E-state index contributed by atoms with van der Waals surface area (Å²) in [5, 5.41) is 26.5. The zero-order valence-electron chi connectivity index (χ0n) is 59.4. The summed E-state index contributed by atoms with van der Waals surface area (Å²) in [6, 6.07) is 1.52. The number of amidine groups is 8. The zero-order chi connectivity index (χ0) is 67.0. The summed E-state index contributed by atoms with van der Waals surface area (Å²) in [7, 11) is 0. The van der Waals surface area contributed by atoms with E-state index in [1.807, 2.05) is 48.5 Å².